The van der Waals surface area contributed by atoms with Gasteiger partial charge in [-0.3, -0.25) is 4.79 Å². The van der Waals surface area contributed by atoms with Crippen molar-refractivity contribution in [2.75, 3.05) is 51.9 Å². The summed E-state index contributed by atoms with van der Waals surface area (Å²) in [7, 11) is -2.17. The second kappa shape index (κ2) is 7.69. The van der Waals surface area contributed by atoms with Crippen LogP contribution in [0.5, 0.6) is 5.75 Å². The van der Waals surface area contributed by atoms with Gasteiger partial charge in [0.2, 0.25) is 15.9 Å². The number of anilines is 1. The first-order valence-corrected chi connectivity index (χ1v) is 9.61. The van der Waals surface area contributed by atoms with E-state index in [1.165, 1.54) is 23.5 Å². The SMILES string of the molecule is COc1ccc(S(=O)(=O)N2CCOCC2)cc1NC(=O)C1CCOC1. The van der Waals surface area contributed by atoms with Crippen molar-refractivity contribution in [2.45, 2.75) is 11.3 Å². The topological polar surface area (TPSA) is 94.2 Å². The molecule has 1 unspecified atom stereocenters. The summed E-state index contributed by atoms with van der Waals surface area (Å²) in [5.41, 5.74) is 0.341. The van der Waals surface area contributed by atoms with Crippen LogP contribution in [-0.4, -0.2) is 65.3 Å². The fourth-order valence-electron chi connectivity index (χ4n) is 2.86. The van der Waals surface area contributed by atoms with Crippen LogP contribution in [0.15, 0.2) is 23.1 Å². The Balaban J connectivity index is 1.85. The van der Waals surface area contributed by atoms with Crippen LogP contribution in [-0.2, 0) is 24.3 Å². The minimum Gasteiger partial charge on any atom is -0.495 e. The number of morpholine rings is 1. The number of amides is 1. The van der Waals surface area contributed by atoms with Crippen molar-refractivity contribution >= 4 is 21.6 Å². The first-order chi connectivity index (χ1) is 12.0. The van der Waals surface area contributed by atoms with Gasteiger partial charge in [-0.05, 0) is 24.6 Å². The molecule has 0 aliphatic carbocycles. The molecule has 0 spiro atoms. The summed E-state index contributed by atoms with van der Waals surface area (Å²) in [5, 5.41) is 2.77. The zero-order chi connectivity index (χ0) is 17.9. The van der Waals surface area contributed by atoms with Gasteiger partial charge in [0.1, 0.15) is 5.75 Å². The fourth-order valence-corrected chi connectivity index (χ4v) is 4.29. The van der Waals surface area contributed by atoms with Crippen molar-refractivity contribution in [3.63, 3.8) is 0 Å². The fraction of sp³-hybridized carbons (Fsp3) is 0.562. The lowest BCUT2D eigenvalue weighted by Gasteiger charge is -2.26. The van der Waals surface area contributed by atoms with E-state index in [1.54, 1.807) is 6.07 Å². The van der Waals surface area contributed by atoms with E-state index in [9.17, 15) is 13.2 Å². The highest BCUT2D eigenvalue weighted by Gasteiger charge is 2.28. The maximum Gasteiger partial charge on any atom is 0.243 e. The summed E-state index contributed by atoms with van der Waals surface area (Å²) >= 11 is 0. The summed E-state index contributed by atoms with van der Waals surface area (Å²) in [6.07, 6.45) is 0.653. The maximum atomic E-state index is 12.8. The van der Waals surface area contributed by atoms with Crippen LogP contribution in [0.2, 0.25) is 0 Å². The van der Waals surface area contributed by atoms with Crippen LogP contribution >= 0.6 is 0 Å². The Morgan fingerprint density at radius 3 is 2.64 bits per heavy atom. The van der Waals surface area contributed by atoms with Crippen LogP contribution in [0.25, 0.3) is 0 Å². The van der Waals surface area contributed by atoms with E-state index in [2.05, 4.69) is 5.32 Å². The Kier molecular flexibility index (Phi) is 5.57. The molecule has 0 saturated carbocycles. The molecule has 9 heteroatoms. The van der Waals surface area contributed by atoms with E-state index >= 15 is 0 Å². The normalized spacial score (nSPS) is 21.9. The molecule has 1 N–H and O–H groups in total. The van der Waals surface area contributed by atoms with E-state index in [4.69, 9.17) is 14.2 Å². The Bertz CT molecular complexity index is 724. The highest BCUT2D eigenvalue weighted by atomic mass is 32.2. The number of hydrogen-bond acceptors (Lipinski definition) is 6. The van der Waals surface area contributed by atoms with E-state index in [-0.39, 0.29) is 16.7 Å². The third kappa shape index (κ3) is 3.95. The first-order valence-electron chi connectivity index (χ1n) is 8.17. The van der Waals surface area contributed by atoms with Gasteiger partial charge in [-0.15, -0.1) is 0 Å². The summed E-state index contributed by atoms with van der Waals surface area (Å²) in [6.45, 7) is 2.31. The molecule has 2 fully saturated rings. The molecule has 0 bridgehead atoms. The van der Waals surface area contributed by atoms with Gasteiger partial charge in [0.25, 0.3) is 0 Å². The van der Waals surface area contributed by atoms with Crippen molar-refractivity contribution in [3.05, 3.63) is 18.2 Å². The number of rotatable bonds is 5. The number of nitrogens with one attached hydrogen (secondary N) is 1. The van der Waals surface area contributed by atoms with Gasteiger partial charge in [0, 0.05) is 19.7 Å². The molecular formula is C16H22N2O6S. The van der Waals surface area contributed by atoms with Gasteiger partial charge in [0.05, 0.1) is 43.4 Å². The molecule has 3 rings (SSSR count). The predicted molar refractivity (Wildman–Crippen MR) is 90.1 cm³/mol. The first kappa shape index (κ1) is 18.1. The number of benzene rings is 1. The minimum absolute atomic E-state index is 0.119. The van der Waals surface area contributed by atoms with Crippen LogP contribution < -0.4 is 10.1 Å². The molecule has 0 aromatic heterocycles. The Hall–Kier alpha value is -1.68. The zero-order valence-electron chi connectivity index (χ0n) is 14.1. The van der Waals surface area contributed by atoms with Gasteiger partial charge in [-0.25, -0.2) is 8.42 Å². The van der Waals surface area contributed by atoms with Crippen LogP contribution in [0.4, 0.5) is 5.69 Å². The summed E-state index contributed by atoms with van der Waals surface area (Å²) in [5.74, 6) is -0.0193. The van der Waals surface area contributed by atoms with Crippen LogP contribution in [0.1, 0.15) is 6.42 Å². The second-order valence-corrected chi connectivity index (χ2v) is 7.87. The average Bonchev–Trinajstić information content (AvgIpc) is 3.17. The second-order valence-electron chi connectivity index (χ2n) is 5.93. The molecule has 2 saturated heterocycles. The van der Waals surface area contributed by atoms with Gasteiger partial charge < -0.3 is 19.5 Å². The maximum absolute atomic E-state index is 12.8. The van der Waals surface area contributed by atoms with E-state index < -0.39 is 10.0 Å². The number of hydrogen-bond donors (Lipinski definition) is 1. The number of methoxy groups -OCH3 is 1. The van der Waals surface area contributed by atoms with Crippen molar-refractivity contribution < 1.29 is 27.4 Å². The number of sulfonamides is 1. The van der Waals surface area contributed by atoms with E-state index in [0.717, 1.165) is 0 Å². The highest BCUT2D eigenvalue weighted by Crippen LogP contribution is 2.30. The monoisotopic (exact) mass is 370 g/mol. The molecule has 1 aromatic carbocycles. The number of nitrogens with zero attached hydrogens (tertiary/aromatic N) is 1. The average molecular weight is 370 g/mol. The van der Waals surface area contributed by atoms with Crippen molar-refractivity contribution in [3.8, 4) is 5.75 Å². The third-order valence-electron chi connectivity index (χ3n) is 4.34. The number of carbonyl (C=O) groups is 1. The van der Waals surface area contributed by atoms with Gasteiger partial charge in [-0.2, -0.15) is 4.31 Å². The predicted octanol–water partition coefficient (Wildman–Crippen LogP) is 0.691. The molecule has 25 heavy (non-hydrogen) atoms. The largest absolute Gasteiger partial charge is 0.495 e. The Morgan fingerprint density at radius 1 is 1.24 bits per heavy atom. The molecule has 8 nitrogen and oxygen atoms in total. The summed E-state index contributed by atoms with van der Waals surface area (Å²) < 4.78 is 42.6. The van der Waals surface area contributed by atoms with Crippen molar-refractivity contribution in [1.82, 2.24) is 4.31 Å². The van der Waals surface area contributed by atoms with Crippen LogP contribution in [0.3, 0.4) is 0 Å². The van der Waals surface area contributed by atoms with Crippen LogP contribution in [0, 0.1) is 5.92 Å². The third-order valence-corrected chi connectivity index (χ3v) is 6.23. The standard InChI is InChI=1S/C16H22N2O6S/c1-22-15-3-2-13(25(20,21)18-5-8-23-9-6-18)10-14(15)17-16(19)12-4-7-24-11-12/h2-3,10,12H,4-9,11H2,1H3,(H,17,19). The van der Waals surface area contributed by atoms with E-state index in [0.29, 0.717) is 57.4 Å². The van der Waals surface area contributed by atoms with E-state index in [1.807, 2.05) is 0 Å². The quantitative estimate of drug-likeness (QED) is 0.820. The summed E-state index contributed by atoms with van der Waals surface area (Å²) in [6, 6.07) is 4.48. The smallest absolute Gasteiger partial charge is 0.243 e. The number of ether oxygens (including phenoxy) is 3. The van der Waals surface area contributed by atoms with Crippen molar-refractivity contribution in [1.29, 1.82) is 0 Å². The number of carbonyl (C=O) groups excluding carboxylic acids is 1. The molecule has 138 valence electrons. The molecule has 2 aliphatic heterocycles. The highest BCUT2D eigenvalue weighted by molar-refractivity contribution is 7.89. The molecule has 1 atom stereocenters. The lowest BCUT2D eigenvalue weighted by molar-refractivity contribution is -0.119. The lowest BCUT2D eigenvalue weighted by atomic mass is 10.1. The summed E-state index contributed by atoms with van der Waals surface area (Å²) in [4.78, 5) is 12.4. The van der Waals surface area contributed by atoms with Crippen molar-refractivity contribution in [2.24, 2.45) is 5.92 Å². The van der Waals surface area contributed by atoms with Gasteiger partial charge >= 0.3 is 0 Å². The molecular weight excluding hydrogens is 348 g/mol. The van der Waals surface area contributed by atoms with Gasteiger partial charge in [-0.1, -0.05) is 0 Å². The molecule has 1 amide bonds. The Morgan fingerprint density at radius 2 is 2.00 bits per heavy atom. The lowest BCUT2D eigenvalue weighted by Crippen LogP contribution is -2.40. The minimum atomic E-state index is -3.64. The molecule has 0 radical (unpaired) electrons. The molecule has 1 aromatic rings. The van der Waals surface area contributed by atoms with Gasteiger partial charge in [0.15, 0.2) is 0 Å². The Labute approximate surface area is 147 Å². The molecule has 2 heterocycles. The zero-order valence-corrected chi connectivity index (χ0v) is 14.9. The molecule has 2 aliphatic rings.